The fraction of sp³-hybridized carbons (Fsp3) is 0.550. The van der Waals surface area contributed by atoms with Gasteiger partial charge in [0.05, 0.1) is 12.6 Å². The molecule has 26 heavy (non-hydrogen) atoms. The highest BCUT2D eigenvalue weighted by Crippen LogP contribution is 2.37. The van der Waals surface area contributed by atoms with Crippen molar-refractivity contribution < 1.29 is 19.7 Å². The van der Waals surface area contributed by atoms with Crippen LogP contribution in [-0.2, 0) is 4.74 Å². The Balaban J connectivity index is 1.89. The number of phenols is 1. The van der Waals surface area contributed by atoms with Crippen LogP contribution >= 0.6 is 0 Å². The molecule has 0 radical (unpaired) electrons. The van der Waals surface area contributed by atoms with Crippen molar-refractivity contribution in [2.45, 2.75) is 44.9 Å². The second-order valence-corrected chi connectivity index (χ2v) is 8.13. The number of rotatable bonds is 2. The van der Waals surface area contributed by atoms with Gasteiger partial charge in [0.15, 0.2) is 0 Å². The largest absolute Gasteiger partial charge is 0.508 e. The Morgan fingerprint density at radius 1 is 1.23 bits per heavy atom. The van der Waals surface area contributed by atoms with Crippen LogP contribution in [0.25, 0.3) is 5.57 Å². The summed E-state index contributed by atoms with van der Waals surface area (Å²) >= 11 is 0. The molecule has 1 fully saturated rings. The summed E-state index contributed by atoms with van der Waals surface area (Å²) in [6.07, 6.45) is 0.443. The third kappa shape index (κ3) is 3.71. The molecule has 1 saturated heterocycles. The van der Waals surface area contributed by atoms with E-state index in [1.807, 2.05) is 40.0 Å². The molecule has 3 rings (SSSR count). The van der Waals surface area contributed by atoms with Crippen LogP contribution < -0.4 is 0 Å². The van der Waals surface area contributed by atoms with Crippen LogP contribution in [0.1, 0.15) is 32.8 Å². The SMILES string of the molecule is CN1C2CC(c3ccc(O)cc3)=C(CO)C1CN(C(=O)OC(C)(C)C)C2. The lowest BCUT2D eigenvalue weighted by molar-refractivity contribution is -0.00424. The zero-order valence-corrected chi connectivity index (χ0v) is 15.9. The smallest absolute Gasteiger partial charge is 0.410 e. The summed E-state index contributed by atoms with van der Waals surface area (Å²) in [5, 5.41) is 19.6. The van der Waals surface area contributed by atoms with Crippen molar-refractivity contribution in [2.24, 2.45) is 0 Å². The van der Waals surface area contributed by atoms with E-state index in [2.05, 4.69) is 4.90 Å². The number of piperazine rings is 1. The first-order valence-electron chi connectivity index (χ1n) is 9.01. The van der Waals surface area contributed by atoms with Gasteiger partial charge in [-0.25, -0.2) is 4.79 Å². The minimum atomic E-state index is -0.525. The number of hydrogen-bond donors (Lipinski definition) is 2. The Morgan fingerprint density at radius 2 is 1.88 bits per heavy atom. The Kier molecular flexibility index (Phi) is 4.99. The number of hydrogen-bond acceptors (Lipinski definition) is 5. The van der Waals surface area contributed by atoms with Gasteiger partial charge in [-0.2, -0.15) is 0 Å². The molecule has 1 aromatic carbocycles. The molecule has 0 aromatic heterocycles. The Bertz CT molecular complexity index is 706. The molecule has 2 N–H and O–H groups in total. The number of ether oxygens (including phenoxy) is 1. The van der Waals surface area contributed by atoms with E-state index in [9.17, 15) is 15.0 Å². The Hall–Kier alpha value is -2.05. The lowest BCUT2D eigenvalue weighted by Crippen LogP contribution is -2.61. The minimum absolute atomic E-state index is 0.0381. The maximum absolute atomic E-state index is 12.5. The normalized spacial score (nSPS) is 24.0. The number of aliphatic hydroxyl groups excluding tert-OH is 1. The summed E-state index contributed by atoms with van der Waals surface area (Å²) in [5.41, 5.74) is 2.54. The molecule has 2 heterocycles. The number of aromatic hydroxyl groups is 1. The third-order valence-electron chi connectivity index (χ3n) is 5.16. The lowest BCUT2D eigenvalue weighted by Gasteiger charge is -2.49. The van der Waals surface area contributed by atoms with Gasteiger partial charge in [-0.15, -0.1) is 0 Å². The lowest BCUT2D eigenvalue weighted by atomic mass is 9.82. The maximum Gasteiger partial charge on any atom is 0.410 e. The molecule has 2 bridgehead atoms. The van der Waals surface area contributed by atoms with E-state index in [1.54, 1.807) is 17.0 Å². The third-order valence-corrected chi connectivity index (χ3v) is 5.16. The molecule has 1 aromatic rings. The van der Waals surface area contributed by atoms with E-state index in [0.29, 0.717) is 13.1 Å². The molecule has 0 aliphatic carbocycles. The van der Waals surface area contributed by atoms with Crippen LogP contribution in [0.5, 0.6) is 5.75 Å². The summed E-state index contributed by atoms with van der Waals surface area (Å²) in [6.45, 7) is 6.64. The summed E-state index contributed by atoms with van der Waals surface area (Å²) < 4.78 is 5.53. The average Bonchev–Trinajstić information content (AvgIpc) is 2.54. The monoisotopic (exact) mass is 360 g/mol. The first-order valence-corrected chi connectivity index (χ1v) is 9.01. The van der Waals surface area contributed by atoms with Crippen molar-refractivity contribution in [3.63, 3.8) is 0 Å². The molecule has 2 aliphatic rings. The van der Waals surface area contributed by atoms with E-state index in [0.717, 1.165) is 23.1 Å². The highest BCUT2D eigenvalue weighted by molar-refractivity contribution is 5.74. The van der Waals surface area contributed by atoms with E-state index in [4.69, 9.17) is 4.74 Å². The number of carbonyl (C=O) groups excluding carboxylic acids is 1. The van der Waals surface area contributed by atoms with Crippen LogP contribution in [0.2, 0.25) is 0 Å². The van der Waals surface area contributed by atoms with Crippen molar-refractivity contribution in [3.05, 3.63) is 35.4 Å². The van der Waals surface area contributed by atoms with Gasteiger partial charge in [-0.1, -0.05) is 12.1 Å². The van der Waals surface area contributed by atoms with Crippen molar-refractivity contribution in [3.8, 4) is 5.75 Å². The highest BCUT2D eigenvalue weighted by Gasteiger charge is 2.41. The number of phenolic OH excluding ortho intramolecular Hbond substituents is 1. The van der Waals surface area contributed by atoms with Crippen LogP contribution in [0.15, 0.2) is 29.8 Å². The molecule has 2 unspecified atom stereocenters. The fourth-order valence-corrected chi connectivity index (χ4v) is 3.82. The number of fused-ring (bicyclic) bond motifs is 2. The molecule has 1 amide bonds. The summed E-state index contributed by atoms with van der Waals surface area (Å²) in [6, 6.07) is 7.22. The molecule has 142 valence electrons. The molecule has 2 aliphatic heterocycles. The van der Waals surface area contributed by atoms with E-state index in [-0.39, 0.29) is 30.5 Å². The minimum Gasteiger partial charge on any atom is -0.508 e. The Labute approximate surface area is 154 Å². The predicted octanol–water partition coefficient (Wildman–Crippen LogP) is 2.46. The van der Waals surface area contributed by atoms with Crippen LogP contribution in [0.3, 0.4) is 0 Å². The zero-order chi connectivity index (χ0) is 19.1. The van der Waals surface area contributed by atoms with Gasteiger partial charge in [-0.3, -0.25) is 4.90 Å². The van der Waals surface area contributed by atoms with Crippen LogP contribution in [-0.4, -0.2) is 70.5 Å². The number of amides is 1. The van der Waals surface area contributed by atoms with Gasteiger partial charge < -0.3 is 19.8 Å². The van der Waals surface area contributed by atoms with Crippen molar-refractivity contribution >= 4 is 11.7 Å². The van der Waals surface area contributed by atoms with Gasteiger partial charge in [0.25, 0.3) is 0 Å². The van der Waals surface area contributed by atoms with Crippen molar-refractivity contribution in [2.75, 3.05) is 26.7 Å². The van der Waals surface area contributed by atoms with Gasteiger partial charge in [0.2, 0.25) is 0 Å². The summed E-state index contributed by atoms with van der Waals surface area (Å²) in [4.78, 5) is 16.5. The number of nitrogens with zero attached hydrogens (tertiary/aromatic N) is 2. The Morgan fingerprint density at radius 3 is 2.46 bits per heavy atom. The quantitative estimate of drug-likeness (QED) is 0.848. The van der Waals surface area contributed by atoms with Gasteiger partial charge in [0, 0.05) is 19.1 Å². The van der Waals surface area contributed by atoms with Crippen LogP contribution in [0, 0.1) is 0 Å². The number of aliphatic hydroxyl groups is 1. The molecule has 0 saturated carbocycles. The second-order valence-electron chi connectivity index (χ2n) is 8.13. The predicted molar refractivity (Wildman–Crippen MR) is 99.9 cm³/mol. The van der Waals surface area contributed by atoms with E-state index < -0.39 is 5.60 Å². The number of benzene rings is 1. The van der Waals surface area contributed by atoms with Crippen LogP contribution in [0.4, 0.5) is 4.79 Å². The number of carbonyl (C=O) groups is 1. The molecule has 2 atom stereocenters. The average molecular weight is 360 g/mol. The first kappa shape index (κ1) is 18.7. The van der Waals surface area contributed by atoms with E-state index in [1.165, 1.54) is 0 Å². The number of likely N-dealkylation sites (N-methyl/N-ethyl adjacent to an activating group) is 1. The first-order chi connectivity index (χ1) is 12.2. The molecule has 0 spiro atoms. The van der Waals surface area contributed by atoms with Crippen molar-refractivity contribution in [1.29, 1.82) is 0 Å². The fourth-order valence-electron chi connectivity index (χ4n) is 3.82. The summed E-state index contributed by atoms with van der Waals surface area (Å²) in [5.74, 6) is 0.226. The second kappa shape index (κ2) is 6.93. The zero-order valence-electron chi connectivity index (χ0n) is 15.9. The standard InChI is InChI=1S/C20H28N2O4/c1-20(2,3)26-19(25)22-10-14-9-16(13-5-7-15(24)8-6-13)17(12-23)18(11-22)21(14)4/h5-8,14,18,23-24H,9-12H2,1-4H3. The maximum atomic E-state index is 12.5. The molecular formula is C20H28N2O4. The van der Waals surface area contributed by atoms with E-state index >= 15 is 0 Å². The van der Waals surface area contributed by atoms with Gasteiger partial charge >= 0.3 is 6.09 Å². The van der Waals surface area contributed by atoms with Gasteiger partial charge in [-0.05, 0) is 63.1 Å². The van der Waals surface area contributed by atoms with Gasteiger partial charge in [0.1, 0.15) is 11.4 Å². The van der Waals surface area contributed by atoms with Crippen molar-refractivity contribution in [1.82, 2.24) is 9.80 Å². The molecular weight excluding hydrogens is 332 g/mol. The highest BCUT2D eigenvalue weighted by atomic mass is 16.6. The summed E-state index contributed by atoms with van der Waals surface area (Å²) in [7, 11) is 2.05. The molecule has 6 heteroatoms. The topological polar surface area (TPSA) is 73.2 Å². The molecule has 6 nitrogen and oxygen atoms in total.